The number of carbonyl (C=O) groups excluding carboxylic acids is 1. The molecule has 1 amide bonds. The Hall–Kier alpha value is -1.71. The summed E-state index contributed by atoms with van der Waals surface area (Å²) in [6.45, 7) is 1.06. The number of hydrogen-bond donors (Lipinski definition) is 0. The van der Waals surface area contributed by atoms with Crippen molar-refractivity contribution in [3.05, 3.63) is 24.3 Å². The van der Waals surface area contributed by atoms with Crippen molar-refractivity contribution in [1.29, 1.82) is 0 Å². The third-order valence-corrected chi connectivity index (χ3v) is 3.76. The maximum Gasteiger partial charge on any atom is 0.414 e. The highest BCUT2D eigenvalue weighted by Crippen LogP contribution is 2.33. The fourth-order valence-electron chi connectivity index (χ4n) is 2.75. The first kappa shape index (κ1) is 12.3. The van der Waals surface area contributed by atoms with Gasteiger partial charge in [-0.3, -0.25) is 4.90 Å². The first-order valence-electron chi connectivity index (χ1n) is 7.04. The van der Waals surface area contributed by atoms with E-state index < -0.39 is 0 Å². The molecule has 3 rings (SSSR count). The minimum Gasteiger partial charge on any atom is -0.488 e. The van der Waals surface area contributed by atoms with Crippen LogP contribution in [0.2, 0.25) is 0 Å². The molecule has 0 unspecified atom stereocenters. The molecule has 2 fully saturated rings. The van der Waals surface area contributed by atoms with Crippen molar-refractivity contribution in [1.82, 2.24) is 0 Å². The van der Waals surface area contributed by atoms with Crippen molar-refractivity contribution in [3.8, 4) is 5.75 Å². The van der Waals surface area contributed by atoms with Crippen molar-refractivity contribution < 1.29 is 14.3 Å². The standard InChI is InChI=1S/C15H19NO3/c17-15-16(10-11-18-15)13-8-4-5-9-14(13)19-12-6-2-1-3-7-12/h4-5,8-9,12H,1-3,6-7,10-11H2. The second-order valence-electron chi connectivity index (χ2n) is 5.11. The van der Waals surface area contributed by atoms with E-state index in [-0.39, 0.29) is 12.2 Å². The van der Waals surface area contributed by atoms with E-state index in [0.717, 1.165) is 24.3 Å². The lowest BCUT2D eigenvalue weighted by Crippen LogP contribution is -2.26. The van der Waals surface area contributed by atoms with Crippen LogP contribution in [-0.2, 0) is 4.74 Å². The molecule has 1 aliphatic carbocycles. The number of rotatable bonds is 3. The maximum absolute atomic E-state index is 11.7. The van der Waals surface area contributed by atoms with Gasteiger partial charge in [-0.2, -0.15) is 0 Å². The SMILES string of the molecule is O=C1OCCN1c1ccccc1OC1CCCCC1. The molecular formula is C15H19NO3. The lowest BCUT2D eigenvalue weighted by molar-refractivity contribution is 0.155. The Kier molecular flexibility index (Phi) is 3.58. The van der Waals surface area contributed by atoms with Gasteiger partial charge in [0.1, 0.15) is 12.4 Å². The van der Waals surface area contributed by atoms with E-state index >= 15 is 0 Å². The minimum atomic E-state index is -0.278. The average Bonchev–Trinajstić information content (AvgIpc) is 2.87. The molecule has 1 saturated heterocycles. The van der Waals surface area contributed by atoms with Crippen LogP contribution in [0.3, 0.4) is 0 Å². The van der Waals surface area contributed by atoms with Gasteiger partial charge in [0.2, 0.25) is 0 Å². The predicted molar refractivity (Wildman–Crippen MR) is 72.6 cm³/mol. The lowest BCUT2D eigenvalue weighted by atomic mass is 9.98. The summed E-state index contributed by atoms with van der Waals surface area (Å²) in [5.74, 6) is 0.799. The van der Waals surface area contributed by atoms with Crippen molar-refractivity contribution >= 4 is 11.8 Å². The third kappa shape index (κ3) is 2.67. The second-order valence-corrected chi connectivity index (χ2v) is 5.11. The molecule has 4 nitrogen and oxygen atoms in total. The largest absolute Gasteiger partial charge is 0.488 e. The normalized spacial score (nSPS) is 20.4. The van der Waals surface area contributed by atoms with Crippen LogP contribution >= 0.6 is 0 Å². The molecule has 0 bridgehead atoms. The molecule has 19 heavy (non-hydrogen) atoms. The van der Waals surface area contributed by atoms with Crippen molar-refractivity contribution in [2.45, 2.75) is 38.2 Å². The smallest absolute Gasteiger partial charge is 0.414 e. The molecule has 0 atom stereocenters. The highest BCUT2D eigenvalue weighted by Gasteiger charge is 2.27. The van der Waals surface area contributed by atoms with Crippen LogP contribution in [0.25, 0.3) is 0 Å². The molecular weight excluding hydrogens is 242 g/mol. The molecule has 1 aromatic rings. The monoisotopic (exact) mass is 261 g/mol. The Labute approximate surface area is 113 Å². The lowest BCUT2D eigenvalue weighted by Gasteiger charge is -2.25. The van der Waals surface area contributed by atoms with Crippen LogP contribution in [0.1, 0.15) is 32.1 Å². The topological polar surface area (TPSA) is 38.8 Å². The molecule has 2 aliphatic rings. The Morgan fingerprint density at radius 1 is 1.16 bits per heavy atom. The molecule has 1 saturated carbocycles. The number of para-hydroxylation sites is 2. The molecule has 0 radical (unpaired) electrons. The van der Waals surface area contributed by atoms with E-state index in [1.165, 1.54) is 19.3 Å². The van der Waals surface area contributed by atoms with Gasteiger partial charge >= 0.3 is 6.09 Å². The summed E-state index contributed by atoms with van der Waals surface area (Å²) in [4.78, 5) is 13.3. The van der Waals surface area contributed by atoms with Crippen LogP contribution in [0.15, 0.2) is 24.3 Å². The molecule has 102 valence electrons. The molecule has 1 aliphatic heterocycles. The Morgan fingerprint density at radius 3 is 2.68 bits per heavy atom. The fraction of sp³-hybridized carbons (Fsp3) is 0.533. The van der Waals surface area contributed by atoms with E-state index in [1.807, 2.05) is 24.3 Å². The highest BCUT2D eigenvalue weighted by atomic mass is 16.6. The summed E-state index contributed by atoms with van der Waals surface area (Å²) in [6, 6.07) is 7.73. The van der Waals surface area contributed by atoms with Gasteiger partial charge in [-0.1, -0.05) is 18.6 Å². The molecule has 0 spiro atoms. The number of cyclic esters (lactones) is 1. The van der Waals surface area contributed by atoms with Crippen LogP contribution in [0.4, 0.5) is 10.5 Å². The zero-order valence-electron chi connectivity index (χ0n) is 11.0. The predicted octanol–water partition coefficient (Wildman–Crippen LogP) is 3.35. The summed E-state index contributed by atoms with van der Waals surface area (Å²) >= 11 is 0. The minimum absolute atomic E-state index is 0.278. The fourth-order valence-corrected chi connectivity index (χ4v) is 2.75. The van der Waals surface area contributed by atoms with Gasteiger partial charge in [-0.05, 0) is 37.8 Å². The van der Waals surface area contributed by atoms with Gasteiger partial charge in [0.25, 0.3) is 0 Å². The second kappa shape index (κ2) is 5.51. The van der Waals surface area contributed by atoms with Crippen molar-refractivity contribution in [3.63, 3.8) is 0 Å². The first-order valence-corrected chi connectivity index (χ1v) is 7.04. The van der Waals surface area contributed by atoms with E-state index in [9.17, 15) is 4.79 Å². The number of ether oxygens (including phenoxy) is 2. The Morgan fingerprint density at radius 2 is 1.95 bits per heavy atom. The van der Waals surface area contributed by atoms with Crippen molar-refractivity contribution in [2.24, 2.45) is 0 Å². The number of nitrogens with zero attached hydrogens (tertiary/aromatic N) is 1. The van der Waals surface area contributed by atoms with E-state index in [1.54, 1.807) is 4.90 Å². The molecule has 0 aromatic heterocycles. The van der Waals surface area contributed by atoms with Crippen LogP contribution < -0.4 is 9.64 Å². The molecule has 0 N–H and O–H groups in total. The molecule has 4 heteroatoms. The maximum atomic E-state index is 11.7. The van der Waals surface area contributed by atoms with Gasteiger partial charge in [0, 0.05) is 0 Å². The van der Waals surface area contributed by atoms with Crippen LogP contribution in [-0.4, -0.2) is 25.3 Å². The van der Waals surface area contributed by atoms with E-state index in [2.05, 4.69) is 0 Å². The van der Waals surface area contributed by atoms with Gasteiger partial charge in [-0.15, -0.1) is 0 Å². The van der Waals surface area contributed by atoms with Crippen LogP contribution in [0, 0.1) is 0 Å². The quantitative estimate of drug-likeness (QED) is 0.837. The average molecular weight is 261 g/mol. The molecule has 1 aromatic carbocycles. The summed E-state index contributed by atoms with van der Waals surface area (Å²) < 4.78 is 11.1. The summed E-state index contributed by atoms with van der Waals surface area (Å²) in [5.41, 5.74) is 0.829. The number of carbonyl (C=O) groups is 1. The summed E-state index contributed by atoms with van der Waals surface area (Å²) in [6.07, 6.45) is 6.00. The van der Waals surface area contributed by atoms with Gasteiger partial charge in [0.05, 0.1) is 18.3 Å². The first-order chi connectivity index (χ1) is 9.34. The number of anilines is 1. The summed E-state index contributed by atoms with van der Waals surface area (Å²) in [5, 5.41) is 0. The molecule has 1 heterocycles. The summed E-state index contributed by atoms with van der Waals surface area (Å²) in [7, 11) is 0. The number of hydrogen-bond acceptors (Lipinski definition) is 3. The van der Waals surface area contributed by atoms with Gasteiger partial charge in [0.15, 0.2) is 0 Å². The third-order valence-electron chi connectivity index (χ3n) is 3.76. The van der Waals surface area contributed by atoms with E-state index in [0.29, 0.717) is 13.2 Å². The van der Waals surface area contributed by atoms with E-state index in [4.69, 9.17) is 9.47 Å². The Bertz CT molecular complexity index is 454. The zero-order valence-corrected chi connectivity index (χ0v) is 11.0. The highest BCUT2D eigenvalue weighted by molar-refractivity contribution is 5.91. The zero-order chi connectivity index (χ0) is 13.1. The van der Waals surface area contributed by atoms with Crippen LogP contribution in [0.5, 0.6) is 5.75 Å². The Balaban J connectivity index is 1.78. The van der Waals surface area contributed by atoms with Gasteiger partial charge < -0.3 is 9.47 Å². The van der Waals surface area contributed by atoms with Crippen molar-refractivity contribution in [2.75, 3.05) is 18.1 Å². The number of benzene rings is 1. The number of amides is 1. The van der Waals surface area contributed by atoms with Gasteiger partial charge in [-0.25, -0.2) is 4.79 Å².